The highest BCUT2D eigenvalue weighted by Gasteiger charge is 2.17. The maximum absolute atomic E-state index is 13.6. The largest absolute Gasteiger partial charge is 0.288 e. The third-order valence-electron chi connectivity index (χ3n) is 3.34. The maximum atomic E-state index is 13.6. The topological polar surface area (TPSA) is 89.8 Å². The Hall–Kier alpha value is -2.88. The summed E-state index contributed by atoms with van der Waals surface area (Å²) in [6.45, 7) is 1.76. The zero-order chi connectivity index (χ0) is 18.0. The Morgan fingerprint density at radius 2 is 1.96 bits per heavy atom. The summed E-state index contributed by atoms with van der Waals surface area (Å²) in [4.78, 5) is 12.0. The molecule has 0 aliphatic heterocycles. The van der Waals surface area contributed by atoms with E-state index >= 15 is 0 Å². The van der Waals surface area contributed by atoms with Crippen LogP contribution in [0.3, 0.4) is 0 Å². The van der Waals surface area contributed by atoms with E-state index in [1.165, 1.54) is 12.4 Å². The number of anilines is 1. The van der Waals surface area contributed by atoms with E-state index in [1.54, 1.807) is 23.9 Å². The average Bonchev–Trinajstić information content (AvgIpc) is 2.96. The van der Waals surface area contributed by atoms with E-state index in [0.717, 1.165) is 18.2 Å². The van der Waals surface area contributed by atoms with E-state index < -0.39 is 27.4 Å². The van der Waals surface area contributed by atoms with Gasteiger partial charge in [-0.25, -0.2) is 32.2 Å². The first-order valence-electron chi connectivity index (χ1n) is 7.11. The number of halogens is 2. The van der Waals surface area contributed by atoms with Crippen LogP contribution in [0.1, 0.15) is 11.4 Å². The highest BCUT2D eigenvalue weighted by atomic mass is 32.2. The van der Waals surface area contributed by atoms with Gasteiger partial charge in [-0.15, -0.1) is 0 Å². The van der Waals surface area contributed by atoms with Crippen LogP contribution in [0.2, 0.25) is 0 Å². The van der Waals surface area contributed by atoms with Crippen LogP contribution >= 0.6 is 0 Å². The molecule has 0 aliphatic carbocycles. The lowest BCUT2D eigenvalue weighted by molar-refractivity contribution is 0.581. The Balaban J connectivity index is 1.84. The second-order valence-corrected chi connectivity index (χ2v) is 6.93. The summed E-state index contributed by atoms with van der Waals surface area (Å²) in [7, 11) is -3.99. The first kappa shape index (κ1) is 17.0. The third-order valence-corrected chi connectivity index (χ3v) is 4.55. The highest BCUT2D eigenvalue weighted by molar-refractivity contribution is 7.91. The molecule has 0 saturated heterocycles. The molecule has 3 rings (SSSR count). The molecule has 130 valence electrons. The summed E-state index contributed by atoms with van der Waals surface area (Å²) < 4.78 is 55.1. The summed E-state index contributed by atoms with van der Waals surface area (Å²) in [5.41, 5.74) is -0.271. The van der Waals surface area contributed by atoms with Crippen molar-refractivity contribution in [2.45, 2.75) is 12.7 Å². The molecule has 1 aromatic carbocycles. The van der Waals surface area contributed by atoms with Crippen molar-refractivity contribution in [3.63, 3.8) is 0 Å². The van der Waals surface area contributed by atoms with Crippen molar-refractivity contribution >= 4 is 15.8 Å². The lowest BCUT2D eigenvalue weighted by Crippen LogP contribution is -2.17. The van der Waals surface area contributed by atoms with Gasteiger partial charge >= 0.3 is 0 Å². The number of rotatable bonds is 5. The Labute approximate surface area is 142 Å². The third kappa shape index (κ3) is 3.97. The standard InChI is InChI=1S/C15H13F2N5O2S/c1-10-18-4-5-22(10)15-7-14(19-9-20-15)21-25(23,24)8-11-6-12(16)2-3-13(11)17/h2-7,9H,8H2,1H3,(H,19,20,21). The van der Waals surface area contributed by atoms with Gasteiger partial charge in [-0.05, 0) is 25.1 Å². The van der Waals surface area contributed by atoms with Crippen LogP contribution in [0.5, 0.6) is 0 Å². The fourth-order valence-corrected chi connectivity index (χ4v) is 3.34. The summed E-state index contributed by atoms with van der Waals surface area (Å²) in [6.07, 6.45) is 4.43. The predicted octanol–water partition coefficient (Wildman–Crippen LogP) is 2.19. The maximum Gasteiger partial charge on any atom is 0.238 e. The first-order valence-corrected chi connectivity index (χ1v) is 8.76. The van der Waals surface area contributed by atoms with E-state index in [9.17, 15) is 17.2 Å². The summed E-state index contributed by atoms with van der Waals surface area (Å²) in [5, 5.41) is 0. The van der Waals surface area contributed by atoms with Crippen molar-refractivity contribution in [3.05, 3.63) is 66.0 Å². The Kier molecular flexibility index (Phi) is 4.45. The van der Waals surface area contributed by atoms with Crippen molar-refractivity contribution in [3.8, 4) is 5.82 Å². The van der Waals surface area contributed by atoms with Crippen LogP contribution in [0, 0.1) is 18.6 Å². The Bertz CT molecular complexity index is 1020. The molecular formula is C15H13F2N5O2S. The van der Waals surface area contributed by atoms with Gasteiger partial charge in [-0.3, -0.25) is 9.29 Å². The number of hydrogen-bond donors (Lipinski definition) is 1. The normalized spacial score (nSPS) is 11.5. The Morgan fingerprint density at radius 3 is 2.68 bits per heavy atom. The molecule has 25 heavy (non-hydrogen) atoms. The van der Waals surface area contributed by atoms with Gasteiger partial charge in [0.25, 0.3) is 0 Å². The van der Waals surface area contributed by atoms with Crippen molar-refractivity contribution in [2.75, 3.05) is 4.72 Å². The molecule has 0 unspecified atom stereocenters. The van der Waals surface area contributed by atoms with Gasteiger partial charge in [-0.1, -0.05) is 0 Å². The lowest BCUT2D eigenvalue weighted by Gasteiger charge is -2.10. The minimum absolute atomic E-state index is 0.00918. The van der Waals surface area contributed by atoms with E-state index in [1.807, 2.05) is 0 Å². The molecule has 7 nitrogen and oxygen atoms in total. The SMILES string of the molecule is Cc1nccn1-c1cc(NS(=O)(=O)Cc2cc(F)ccc2F)ncn1. The van der Waals surface area contributed by atoms with Gasteiger partial charge in [-0.2, -0.15) is 0 Å². The van der Waals surface area contributed by atoms with Crippen molar-refractivity contribution in [1.29, 1.82) is 0 Å². The van der Waals surface area contributed by atoms with Crippen molar-refractivity contribution in [2.24, 2.45) is 0 Å². The number of hydrogen-bond acceptors (Lipinski definition) is 5. The molecule has 0 amide bonds. The van der Waals surface area contributed by atoms with Gasteiger partial charge in [0.15, 0.2) is 0 Å². The summed E-state index contributed by atoms with van der Waals surface area (Å²) in [6, 6.07) is 4.05. The zero-order valence-corrected chi connectivity index (χ0v) is 13.8. The predicted molar refractivity (Wildman–Crippen MR) is 86.5 cm³/mol. The van der Waals surface area contributed by atoms with Crippen LogP contribution < -0.4 is 4.72 Å². The molecule has 0 radical (unpaired) electrons. The molecule has 3 aromatic rings. The van der Waals surface area contributed by atoms with Crippen LogP contribution in [0.15, 0.2) is 43.0 Å². The minimum Gasteiger partial charge on any atom is -0.288 e. The van der Waals surface area contributed by atoms with Crippen LogP contribution in [0.25, 0.3) is 5.82 Å². The molecule has 0 fully saturated rings. The van der Waals surface area contributed by atoms with Crippen LogP contribution in [0.4, 0.5) is 14.6 Å². The smallest absolute Gasteiger partial charge is 0.238 e. The fourth-order valence-electron chi connectivity index (χ4n) is 2.21. The fraction of sp³-hybridized carbons (Fsp3) is 0.133. The van der Waals surface area contributed by atoms with E-state index in [-0.39, 0.29) is 11.4 Å². The van der Waals surface area contributed by atoms with E-state index in [4.69, 9.17) is 0 Å². The molecular weight excluding hydrogens is 352 g/mol. The van der Waals surface area contributed by atoms with Gasteiger partial charge in [0, 0.05) is 24.0 Å². The van der Waals surface area contributed by atoms with Gasteiger partial charge in [0.1, 0.15) is 35.4 Å². The molecule has 0 atom stereocenters. The average molecular weight is 365 g/mol. The van der Waals surface area contributed by atoms with Crippen molar-refractivity contribution < 1.29 is 17.2 Å². The number of nitrogens with zero attached hydrogens (tertiary/aromatic N) is 4. The molecule has 0 aliphatic rings. The Morgan fingerprint density at radius 1 is 1.16 bits per heavy atom. The highest BCUT2D eigenvalue weighted by Crippen LogP contribution is 2.16. The number of benzene rings is 1. The van der Waals surface area contributed by atoms with Crippen LogP contribution in [-0.4, -0.2) is 27.9 Å². The van der Waals surface area contributed by atoms with E-state index in [0.29, 0.717) is 11.6 Å². The number of aryl methyl sites for hydroxylation is 1. The van der Waals surface area contributed by atoms with E-state index in [2.05, 4.69) is 19.7 Å². The van der Waals surface area contributed by atoms with Gasteiger partial charge < -0.3 is 0 Å². The first-order chi connectivity index (χ1) is 11.8. The summed E-state index contributed by atoms with van der Waals surface area (Å²) in [5.74, 6) is -1.15. The van der Waals surface area contributed by atoms with Crippen LogP contribution in [-0.2, 0) is 15.8 Å². The van der Waals surface area contributed by atoms with Gasteiger partial charge in [0.2, 0.25) is 10.0 Å². The molecule has 1 N–H and O–H groups in total. The quantitative estimate of drug-likeness (QED) is 0.749. The summed E-state index contributed by atoms with van der Waals surface area (Å²) >= 11 is 0. The number of aromatic nitrogens is 4. The second kappa shape index (κ2) is 6.55. The second-order valence-electron chi connectivity index (χ2n) is 5.20. The number of imidazole rings is 1. The number of sulfonamides is 1. The molecule has 0 spiro atoms. The lowest BCUT2D eigenvalue weighted by atomic mass is 10.2. The molecule has 2 heterocycles. The molecule has 0 saturated carbocycles. The zero-order valence-electron chi connectivity index (χ0n) is 13.0. The molecule has 10 heteroatoms. The van der Waals surface area contributed by atoms with Crippen molar-refractivity contribution in [1.82, 2.24) is 19.5 Å². The molecule has 0 bridgehead atoms. The number of nitrogens with one attached hydrogen (secondary N) is 1. The monoisotopic (exact) mass is 365 g/mol. The molecule has 2 aromatic heterocycles. The van der Waals surface area contributed by atoms with Gasteiger partial charge in [0.05, 0.1) is 5.75 Å². The minimum atomic E-state index is -3.99.